The summed E-state index contributed by atoms with van der Waals surface area (Å²) in [5, 5.41) is 22.8. The molecule has 4 atom stereocenters. The first-order valence-corrected chi connectivity index (χ1v) is 26.6. The van der Waals surface area contributed by atoms with Crippen LogP contribution in [0.15, 0.2) is 70.1 Å². The topological polar surface area (TPSA) is 0 Å². The maximum absolute atomic E-state index is 2.49. The predicted octanol–water partition coefficient (Wildman–Crippen LogP) is 17.4. The van der Waals surface area contributed by atoms with Gasteiger partial charge < -0.3 is 0 Å². The van der Waals surface area contributed by atoms with Gasteiger partial charge in [-0.05, 0) is 146 Å². The lowest BCUT2D eigenvalue weighted by Crippen LogP contribution is -1.76. The molecule has 48 heavy (non-hydrogen) atoms. The van der Waals surface area contributed by atoms with Crippen LogP contribution in [0.25, 0.3) is 61.2 Å². The lowest BCUT2D eigenvalue weighted by atomic mass is 10.1. The fourth-order valence-electron chi connectivity index (χ4n) is 7.86. The van der Waals surface area contributed by atoms with Crippen LogP contribution in [0.4, 0.5) is 0 Å². The van der Waals surface area contributed by atoms with Gasteiger partial charge in [0.15, 0.2) is 0 Å². The minimum Gasteiger partial charge on any atom is -0.143 e. The van der Waals surface area contributed by atoms with Crippen molar-refractivity contribution in [1.82, 2.24) is 0 Å². The molecule has 9 aromatic heterocycles. The molecule has 0 aliphatic heterocycles. The van der Waals surface area contributed by atoms with Gasteiger partial charge in [0.05, 0.1) is 0 Å². The molecule has 0 nitrogen and oxygen atoms in total. The highest BCUT2D eigenvalue weighted by Crippen LogP contribution is 2.76. The van der Waals surface area contributed by atoms with Crippen LogP contribution in [-0.4, -0.2) is 0 Å². The van der Waals surface area contributed by atoms with E-state index >= 15 is 0 Å². The molecule has 0 spiro atoms. The zero-order valence-electron chi connectivity index (χ0n) is 28.4. The molecule has 0 saturated heterocycles. The predicted molar refractivity (Wildman–Crippen MR) is 229 cm³/mol. The third kappa shape index (κ3) is 4.25. The Balaban J connectivity index is 1.76. The first kappa shape index (κ1) is 31.9. The summed E-state index contributed by atoms with van der Waals surface area (Å²) in [6, 6.07) is 18.7. The molecule has 8 heteroatoms. The van der Waals surface area contributed by atoms with Crippen LogP contribution in [0.1, 0.15) is 44.5 Å². The van der Waals surface area contributed by atoms with E-state index in [1.807, 2.05) is 45.3 Å². The summed E-state index contributed by atoms with van der Waals surface area (Å²) >= 11 is 7.80. The van der Waals surface area contributed by atoms with Crippen molar-refractivity contribution in [3.05, 3.63) is 115 Å². The third-order valence-electron chi connectivity index (χ3n) is 10.7. The summed E-state index contributed by atoms with van der Waals surface area (Å²) in [6.07, 6.45) is 0. The number of rotatable bonds is 4. The average molecular weight is 769 g/mol. The summed E-state index contributed by atoms with van der Waals surface area (Å²) in [6.45, 7) is 19.8. The third-order valence-corrected chi connectivity index (χ3v) is 31.1. The van der Waals surface area contributed by atoms with Gasteiger partial charge in [0, 0.05) is 61.2 Å². The van der Waals surface area contributed by atoms with Crippen molar-refractivity contribution in [3.8, 4) is 40.7 Å². The van der Waals surface area contributed by atoms with Crippen molar-refractivity contribution in [2.45, 2.75) is 55.4 Å². The van der Waals surface area contributed by atoms with E-state index in [1.54, 1.807) is 86.2 Å². The van der Waals surface area contributed by atoms with Crippen molar-refractivity contribution < 1.29 is 0 Å². The standard InChI is InChI=1S/C40H36P4S4/c1-21-25(5)37-38-26(6)22(2)35(31-15-11-19-47-31)43(38)44-36(32-16-12-20-48-32)24(4)28(8)40(44)39-27(7)23(3)34(30-14-10-18-46-30)42(39)41(37)33(21)29-13-9-17-45-29/h9-20H,1-8H3. The molecule has 0 aliphatic rings. The first-order valence-electron chi connectivity index (χ1n) is 16.3. The van der Waals surface area contributed by atoms with E-state index in [9.17, 15) is 0 Å². The van der Waals surface area contributed by atoms with Crippen LogP contribution < -0.4 is 0 Å². The van der Waals surface area contributed by atoms with E-state index in [4.69, 9.17) is 0 Å². The molecule has 0 saturated carbocycles. The van der Waals surface area contributed by atoms with Crippen molar-refractivity contribution in [2.75, 3.05) is 0 Å². The van der Waals surface area contributed by atoms with E-state index in [1.165, 1.54) is 19.5 Å². The monoisotopic (exact) mass is 768 g/mol. The summed E-state index contributed by atoms with van der Waals surface area (Å²) in [5.74, 6) is 0. The molecular formula is C40H36P4S4. The normalized spacial score (nSPS) is 13.7. The summed E-state index contributed by atoms with van der Waals surface area (Å²) in [4.78, 5) is 5.94. The molecule has 4 unspecified atom stereocenters. The van der Waals surface area contributed by atoms with Gasteiger partial charge in [0.25, 0.3) is 0 Å². The van der Waals surface area contributed by atoms with Gasteiger partial charge in [0.1, 0.15) is 0 Å². The molecule has 240 valence electrons. The van der Waals surface area contributed by atoms with Gasteiger partial charge in [-0.3, -0.25) is 0 Å². The van der Waals surface area contributed by atoms with Crippen LogP contribution in [0.3, 0.4) is 0 Å². The molecule has 0 N–H and O–H groups in total. The highest BCUT2D eigenvalue weighted by Gasteiger charge is 2.30. The van der Waals surface area contributed by atoms with E-state index in [0.717, 1.165) is 0 Å². The number of hydrogen-bond acceptors (Lipinski definition) is 4. The average Bonchev–Trinajstić information content (AvgIpc) is 3.91. The molecule has 0 amide bonds. The van der Waals surface area contributed by atoms with E-state index in [0.29, 0.717) is 0 Å². The number of fused-ring (bicyclic) bond motifs is 8. The van der Waals surface area contributed by atoms with Gasteiger partial charge in [-0.15, -0.1) is 45.3 Å². The van der Waals surface area contributed by atoms with Gasteiger partial charge in [0.2, 0.25) is 0 Å². The van der Waals surface area contributed by atoms with Crippen LogP contribution in [-0.2, 0) is 0 Å². The first-order chi connectivity index (χ1) is 23.2. The number of thiophene rings is 4. The Bertz CT molecular complexity index is 2340. The lowest BCUT2D eigenvalue weighted by molar-refractivity contribution is 1.41. The maximum atomic E-state index is 2.49. The fourth-order valence-corrected chi connectivity index (χ4v) is 35.3. The van der Waals surface area contributed by atoms with Crippen molar-refractivity contribution >= 4 is 93.9 Å². The quantitative estimate of drug-likeness (QED) is 0.167. The molecule has 0 radical (unpaired) electrons. The molecule has 0 fully saturated rings. The van der Waals surface area contributed by atoms with Crippen LogP contribution in [0.2, 0.25) is 0 Å². The number of aryl methyl sites for hydroxylation is 4. The zero-order chi connectivity index (χ0) is 33.2. The molecule has 0 bridgehead atoms. The zero-order valence-corrected chi connectivity index (χ0v) is 35.2. The second-order valence-corrected chi connectivity index (χ2v) is 27.6. The SMILES string of the molecule is Cc1c(C)c2c3c(C)c(C)c(-c4cccs4)p3p3c(-c4cccs4)c(C)c(C)c3c3c(C)c(C)c(-c4cccs4)p3p2c1-c1cccs1. The molecule has 9 rings (SSSR count). The van der Waals surface area contributed by atoms with Crippen molar-refractivity contribution in [1.29, 1.82) is 0 Å². The minimum absolute atomic E-state index is 0.643. The van der Waals surface area contributed by atoms with Crippen LogP contribution in [0, 0.1) is 55.4 Å². The Morgan fingerprint density at radius 1 is 0.312 bits per heavy atom. The van der Waals surface area contributed by atoms with Crippen molar-refractivity contribution in [3.63, 3.8) is 0 Å². The highest BCUT2D eigenvalue weighted by molar-refractivity contribution is 8.16. The van der Waals surface area contributed by atoms with Crippen LogP contribution >= 0.6 is 73.4 Å². The molecular weight excluding hydrogens is 733 g/mol. The second-order valence-electron chi connectivity index (χ2n) is 12.9. The second kappa shape index (κ2) is 11.7. The summed E-state index contributed by atoms with van der Waals surface area (Å²) in [7, 11) is -2.57. The maximum Gasteiger partial charge on any atom is 0.0391 e. The summed E-state index contributed by atoms with van der Waals surface area (Å²) < 4.78 is 0. The Kier molecular flexibility index (Phi) is 7.79. The van der Waals surface area contributed by atoms with Gasteiger partial charge >= 0.3 is 0 Å². The van der Waals surface area contributed by atoms with Gasteiger partial charge in [-0.2, -0.15) is 0 Å². The van der Waals surface area contributed by atoms with E-state index in [-0.39, 0.29) is 0 Å². The van der Waals surface area contributed by atoms with Gasteiger partial charge in [-0.25, -0.2) is 0 Å². The number of hydrogen-bond donors (Lipinski definition) is 0. The Hall–Kier alpha value is -2.08. The minimum atomic E-state index is -0.643. The van der Waals surface area contributed by atoms with Crippen molar-refractivity contribution in [2.24, 2.45) is 0 Å². The Morgan fingerprint density at radius 2 is 0.521 bits per heavy atom. The molecule has 9 heterocycles. The Morgan fingerprint density at radius 3 is 0.688 bits per heavy atom. The highest BCUT2D eigenvalue weighted by atomic mass is 32.1. The Labute approximate surface area is 302 Å². The van der Waals surface area contributed by atoms with Gasteiger partial charge in [-0.1, -0.05) is 52.3 Å². The largest absolute Gasteiger partial charge is 0.143 e. The summed E-state index contributed by atoms with van der Waals surface area (Å²) in [5.41, 5.74) is 12.4. The molecule has 9 aromatic rings. The molecule has 0 aliphatic carbocycles. The van der Waals surface area contributed by atoms with E-state index < -0.39 is 28.1 Å². The smallest absolute Gasteiger partial charge is 0.0391 e. The fraction of sp³-hybridized carbons (Fsp3) is 0.200. The lowest BCUT2D eigenvalue weighted by Gasteiger charge is -2.11. The molecule has 0 aromatic carbocycles. The van der Waals surface area contributed by atoms with E-state index in [2.05, 4.69) is 125 Å². The van der Waals surface area contributed by atoms with Crippen LogP contribution in [0.5, 0.6) is 0 Å².